The fraction of sp³-hybridized carbons (Fsp3) is 0.267. The average molecular weight is 289 g/mol. The highest BCUT2D eigenvalue weighted by Gasteiger charge is 2.09. The van der Waals surface area contributed by atoms with Crippen LogP contribution in [-0.2, 0) is 6.54 Å². The zero-order valence-electron chi connectivity index (χ0n) is 11.7. The zero-order valence-corrected chi connectivity index (χ0v) is 11.7. The summed E-state index contributed by atoms with van der Waals surface area (Å²) in [5.41, 5.74) is 0.605. The summed E-state index contributed by atoms with van der Waals surface area (Å²) in [7, 11) is 0. The second kappa shape index (κ2) is 6.78. The smallest absolute Gasteiger partial charge is 0.271 e. The highest BCUT2D eigenvalue weighted by molar-refractivity contribution is 5.91. The molecule has 1 N–H and O–H groups in total. The molecule has 1 heterocycles. The number of aromatic nitrogens is 2. The number of amides is 1. The Morgan fingerprint density at radius 3 is 2.62 bits per heavy atom. The van der Waals surface area contributed by atoms with E-state index in [1.54, 1.807) is 12.1 Å². The number of hydrogen-bond donors (Lipinski definition) is 1. The van der Waals surface area contributed by atoms with Crippen molar-refractivity contribution >= 4 is 5.91 Å². The molecule has 21 heavy (non-hydrogen) atoms. The van der Waals surface area contributed by atoms with Crippen LogP contribution in [0.2, 0.25) is 0 Å². The molecule has 2 rings (SSSR count). The number of nitrogens with one attached hydrogen (secondary N) is 1. The highest BCUT2D eigenvalue weighted by Crippen LogP contribution is 2.03. The standard InChI is InChI=1S/C15H16FN3O2/c1-2-9-17-15(21)13-7-8-14(20)19(18-13)10-11-3-5-12(16)6-4-11/h3-8H,2,9-10H2,1H3,(H,17,21). The van der Waals surface area contributed by atoms with Gasteiger partial charge in [-0.1, -0.05) is 19.1 Å². The maximum atomic E-state index is 12.9. The molecule has 1 amide bonds. The topological polar surface area (TPSA) is 64.0 Å². The summed E-state index contributed by atoms with van der Waals surface area (Å²) in [6, 6.07) is 8.49. The normalized spacial score (nSPS) is 10.4. The van der Waals surface area contributed by atoms with E-state index in [4.69, 9.17) is 0 Å². The van der Waals surface area contributed by atoms with Gasteiger partial charge in [0.2, 0.25) is 0 Å². The van der Waals surface area contributed by atoms with Gasteiger partial charge in [-0.2, -0.15) is 5.10 Å². The Morgan fingerprint density at radius 2 is 1.95 bits per heavy atom. The number of nitrogens with zero attached hydrogens (tertiary/aromatic N) is 2. The van der Waals surface area contributed by atoms with E-state index in [0.717, 1.165) is 12.0 Å². The fourth-order valence-electron chi connectivity index (χ4n) is 1.78. The van der Waals surface area contributed by atoms with Gasteiger partial charge >= 0.3 is 0 Å². The first-order valence-corrected chi connectivity index (χ1v) is 6.71. The summed E-state index contributed by atoms with van der Waals surface area (Å²) in [5.74, 6) is -0.656. The first-order chi connectivity index (χ1) is 10.1. The Bertz CT molecular complexity index is 680. The van der Waals surface area contributed by atoms with Gasteiger partial charge in [0.25, 0.3) is 11.5 Å². The van der Waals surface area contributed by atoms with E-state index in [2.05, 4.69) is 10.4 Å². The van der Waals surface area contributed by atoms with E-state index in [9.17, 15) is 14.0 Å². The van der Waals surface area contributed by atoms with Gasteiger partial charge in [-0.15, -0.1) is 0 Å². The molecule has 0 bridgehead atoms. The Kier molecular flexibility index (Phi) is 4.81. The molecule has 1 aromatic heterocycles. The number of halogens is 1. The van der Waals surface area contributed by atoms with Gasteiger partial charge in [0, 0.05) is 12.6 Å². The van der Waals surface area contributed by atoms with Crippen LogP contribution in [0.5, 0.6) is 0 Å². The molecule has 5 nitrogen and oxygen atoms in total. The summed E-state index contributed by atoms with van der Waals surface area (Å²) in [4.78, 5) is 23.6. The van der Waals surface area contributed by atoms with Crippen LogP contribution < -0.4 is 10.9 Å². The molecule has 0 spiro atoms. The molecule has 110 valence electrons. The molecule has 0 aliphatic carbocycles. The van der Waals surface area contributed by atoms with Gasteiger partial charge in [0.05, 0.1) is 6.54 Å². The van der Waals surface area contributed by atoms with Crippen LogP contribution >= 0.6 is 0 Å². The molecule has 0 radical (unpaired) electrons. The summed E-state index contributed by atoms with van der Waals surface area (Å²) in [6.07, 6.45) is 0.820. The van der Waals surface area contributed by atoms with Crippen molar-refractivity contribution in [2.24, 2.45) is 0 Å². The number of carbonyl (C=O) groups is 1. The fourth-order valence-corrected chi connectivity index (χ4v) is 1.78. The van der Waals surface area contributed by atoms with Gasteiger partial charge in [-0.25, -0.2) is 9.07 Å². The van der Waals surface area contributed by atoms with Crippen LogP contribution in [0.3, 0.4) is 0 Å². The Balaban J connectivity index is 2.21. The van der Waals surface area contributed by atoms with Crippen LogP contribution in [0.4, 0.5) is 4.39 Å². The minimum Gasteiger partial charge on any atom is -0.351 e. The third-order valence-electron chi connectivity index (χ3n) is 2.88. The highest BCUT2D eigenvalue weighted by atomic mass is 19.1. The van der Waals surface area contributed by atoms with E-state index in [1.165, 1.54) is 28.9 Å². The van der Waals surface area contributed by atoms with Crippen LogP contribution in [0.1, 0.15) is 29.4 Å². The van der Waals surface area contributed by atoms with Crippen LogP contribution in [0.15, 0.2) is 41.2 Å². The van der Waals surface area contributed by atoms with E-state index >= 15 is 0 Å². The van der Waals surface area contributed by atoms with Crippen molar-refractivity contribution in [1.29, 1.82) is 0 Å². The summed E-state index contributed by atoms with van der Waals surface area (Å²) >= 11 is 0. The second-order valence-corrected chi connectivity index (χ2v) is 4.60. The van der Waals surface area contributed by atoms with Crippen molar-refractivity contribution < 1.29 is 9.18 Å². The molecule has 0 unspecified atom stereocenters. The van der Waals surface area contributed by atoms with Crippen molar-refractivity contribution in [2.45, 2.75) is 19.9 Å². The van der Waals surface area contributed by atoms with Gasteiger partial charge in [-0.3, -0.25) is 9.59 Å². The SMILES string of the molecule is CCCNC(=O)c1ccc(=O)n(Cc2ccc(F)cc2)n1. The Hall–Kier alpha value is -2.50. The number of benzene rings is 1. The Morgan fingerprint density at radius 1 is 1.24 bits per heavy atom. The summed E-state index contributed by atoms with van der Waals surface area (Å²) in [5, 5.41) is 6.74. The number of carbonyl (C=O) groups excluding carboxylic acids is 1. The molecule has 0 aliphatic heterocycles. The van der Waals surface area contributed by atoms with E-state index in [1.807, 2.05) is 6.92 Å². The third kappa shape index (κ3) is 3.98. The van der Waals surface area contributed by atoms with Crippen LogP contribution in [0, 0.1) is 5.82 Å². The lowest BCUT2D eigenvalue weighted by atomic mass is 10.2. The molecule has 0 aliphatic rings. The van der Waals surface area contributed by atoms with Gasteiger partial charge in [0.15, 0.2) is 0 Å². The molecule has 0 saturated carbocycles. The predicted molar refractivity (Wildman–Crippen MR) is 76.6 cm³/mol. The minimum absolute atomic E-state index is 0.185. The largest absolute Gasteiger partial charge is 0.351 e. The average Bonchev–Trinajstić information content (AvgIpc) is 2.49. The van der Waals surface area contributed by atoms with Crippen LogP contribution in [-0.4, -0.2) is 22.2 Å². The van der Waals surface area contributed by atoms with E-state index in [-0.39, 0.29) is 29.5 Å². The lowest BCUT2D eigenvalue weighted by Gasteiger charge is -2.07. The second-order valence-electron chi connectivity index (χ2n) is 4.60. The van der Waals surface area contributed by atoms with Crippen molar-refractivity contribution in [3.8, 4) is 0 Å². The lowest BCUT2D eigenvalue weighted by Crippen LogP contribution is -2.30. The van der Waals surface area contributed by atoms with E-state index in [0.29, 0.717) is 6.54 Å². The number of hydrogen-bond acceptors (Lipinski definition) is 3. The number of rotatable bonds is 5. The summed E-state index contributed by atoms with van der Waals surface area (Å²) in [6.45, 7) is 2.69. The summed E-state index contributed by atoms with van der Waals surface area (Å²) < 4.78 is 14.0. The molecular weight excluding hydrogens is 273 g/mol. The van der Waals surface area contributed by atoms with Gasteiger partial charge in [0.1, 0.15) is 11.5 Å². The van der Waals surface area contributed by atoms with E-state index < -0.39 is 0 Å². The minimum atomic E-state index is -0.341. The van der Waals surface area contributed by atoms with Crippen LogP contribution in [0.25, 0.3) is 0 Å². The maximum Gasteiger partial charge on any atom is 0.271 e. The van der Waals surface area contributed by atoms with Crippen molar-refractivity contribution in [3.63, 3.8) is 0 Å². The lowest BCUT2D eigenvalue weighted by molar-refractivity contribution is 0.0946. The van der Waals surface area contributed by atoms with Gasteiger partial charge in [-0.05, 0) is 30.2 Å². The Labute approximate surface area is 121 Å². The molecule has 0 fully saturated rings. The van der Waals surface area contributed by atoms with Crippen molar-refractivity contribution in [3.05, 3.63) is 63.8 Å². The molecule has 2 aromatic rings. The van der Waals surface area contributed by atoms with Crippen molar-refractivity contribution in [1.82, 2.24) is 15.1 Å². The zero-order chi connectivity index (χ0) is 15.2. The van der Waals surface area contributed by atoms with Gasteiger partial charge < -0.3 is 5.32 Å². The first kappa shape index (κ1) is 14.9. The predicted octanol–water partition coefficient (Wildman–Crippen LogP) is 1.57. The molecule has 1 aromatic carbocycles. The third-order valence-corrected chi connectivity index (χ3v) is 2.88. The maximum absolute atomic E-state index is 12.9. The molecule has 6 heteroatoms. The monoisotopic (exact) mass is 289 g/mol. The molecular formula is C15H16FN3O2. The molecule has 0 saturated heterocycles. The quantitative estimate of drug-likeness (QED) is 0.908. The van der Waals surface area contributed by atoms with Crippen molar-refractivity contribution in [2.75, 3.05) is 6.54 Å². The first-order valence-electron chi connectivity index (χ1n) is 6.71. The molecule has 0 atom stereocenters.